The number of carbonyl (C=O) groups excluding carboxylic acids is 1. The molecule has 25 heavy (non-hydrogen) atoms. The van der Waals surface area contributed by atoms with Gasteiger partial charge in [-0.15, -0.1) is 0 Å². The molecule has 2 heterocycles. The van der Waals surface area contributed by atoms with E-state index in [4.69, 9.17) is 4.74 Å². The molecule has 0 aromatic heterocycles. The average molecular weight is 338 g/mol. The number of rotatable bonds is 3. The van der Waals surface area contributed by atoms with Crippen LogP contribution in [-0.2, 0) is 0 Å². The van der Waals surface area contributed by atoms with Crippen LogP contribution < -0.4 is 10.1 Å². The number of amides is 1. The number of carbonyl (C=O) groups is 1. The van der Waals surface area contributed by atoms with Crippen LogP contribution in [0.15, 0.2) is 48.5 Å². The number of nitrogens with one attached hydrogen (secondary N) is 1. The zero-order chi connectivity index (χ0) is 17.4. The van der Waals surface area contributed by atoms with Crippen LogP contribution in [0, 0.1) is 0 Å². The van der Waals surface area contributed by atoms with Crippen molar-refractivity contribution in [2.24, 2.45) is 0 Å². The fraction of sp³-hybridized carbons (Fsp3) is 0.350. The zero-order valence-electron chi connectivity index (χ0n) is 14.2. The minimum Gasteiger partial charge on any atom is -0.497 e. The second-order valence-corrected chi connectivity index (χ2v) is 6.67. The van der Waals surface area contributed by atoms with Gasteiger partial charge in [0.25, 0.3) is 5.91 Å². The Morgan fingerprint density at radius 2 is 1.92 bits per heavy atom. The molecular formula is C20H22N2O3. The zero-order valence-corrected chi connectivity index (χ0v) is 14.2. The summed E-state index contributed by atoms with van der Waals surface area (Å²) in [7, 11) is 1.64. The number of hydrogen-bond acceptors (Lipinski definition) is 4. The predicted molar refractivity (Wildman–Crippen MR) is 95.9 cm³/mol. The molecule has 2 N–H and O–H groups in total. The maximum absolute atomic E-state index is 12.6. The molecule has 5 nitrogen and oxygen atoms in total. The van der Waals surface area contributed by atoms with Crippen LogP contribution in [0.4, 0.5) is 5.69 Å². The van der Waals surface area contributed by atoms with Crippen molar-refractivity contribution >= 4 is 11.6 Å². The first-order valence-corrected chi connectivity index (χ1v) is 8.66. The Balaban J connectivity index is 1.52. The Morgan fingerprint density at radius 1 is 1.16 bits per heavy atom. The molecular weight excluding hydrogens is 316 g/mol. The summed E-state index contributed by atoms with van der Waals surface area (Å²) < 4.78 is 5.17. The molecule has 130 valence electrons. The number of anilines is 1. The van der Waals surface area contributed by atoms with Crippen LogP contribution in [0.3, 0.4) is 0 Å². The van der Waals surface area contributed by atoms with E-state index in [1.165, 1.54) is 0 Å². The van der Waals surface area contributed by atoms with E-state index >= 15 is 0 Å². The van der Waals surface area contributed by atoms with Crippen LogP contribution >= 0.6 is 0 Å². The molecule has 0 spiro atoms. The van der Waals surface area contributed by atoms with Gasteiger partial charge >= 0.3 is 0 Å². The molecule has 4 rings (SSSR count). The standard InChI is InChI=1S/C20H22N2O3/c1-25-14-8-6-13(7-9-14)21-17-10-11-22-18(12-19(17)23)15-4-2-3-5-16(15)20(22)24/h2-9,17-19,21,23H,10-12H2,1H3/t17-,18+,19-/m1/s1. The minimum absolute atomic E-state index is 0.0265. The summed E-state index contributed by atoms with van der Waals surface area (Å²) in [6.45, 7) is 0.642. The Kier molecular flexibility index (Phi) is 4.09. The van der Waals surface area contributed by atoms with E-state index in [2.05, 4.69) is 5.32 Å². The molecule has 1 amide bonds. The highest BCUT2D eigenvalue weighted by molar-refractivity contribution is 5.99. The third-order valence-corrected chi connectivity index (χ3v) is 5.24. The summed E-state index contributed by atoms with van der Waals surface area (Å²) in [5.41, 5.74) is 2.76. The number of benzene rings is 2. The molecule has 0 unspecified atom stereocenters. The highest BCUT2D eigenvalue weighted by atomic mass is 16.5. The molecule has 0 saturated carbocycles. The largest absolute Gasteiger partial charge is 0.497 e. The molecule has 2 aromatic rings. The van der Waals surface area contributed by atoms with Crippen molar-refractivity contribution in [3.8, 4) is 5.75 Å². The van der Waals surface area contributed by atoms with Crippen molar-refractivity contribution < 1.29 is 14.6 Å². The number of nitrogens with zero attached hydrogens (tertiary/aromatic N) is 1. The van der Waals surface area contributed by atoms with Gasteiger partial charge in [0, 0.05) is 17.8 Å². The first kappa shape index (κ1) is 16.0. The molecule has 0 aliphatic carbocycles. The number of aliphatic hydroxyl groups excluding tert-OH is 1. The lowest BCUT2D eigenvalue weighted by Crippen LogP contribution is -2.33. The summed E-state index contributed by atoms with van der Waals surface area (Å²) in [4.78, 5) is 14.5. The van der Waals surface area contributed by atoms with E-state index in [1.54, 1.807) is 7.11 Å². The molecule has 0 bridgehead atoms. The summed E-state index contributed by atoms with van der Waals surface area (Å²) >= 11 is 0. The first-order chi connectivity index (χ1) is 12.2. The first-order valence-electron chi connectivity index (χ1n) is 8.66. The summed E-state index contributed by atoms with van der Waals surface area (Å²) in [5.74, 6) is 0.882. The SMILES string of the molecule is COc1ccc(N[C@@H]2CCN3C(=O)c4ccccc4[C@@H]3C[C@H]2O)cc1. The van der Waals surface area contributed by atoms with Crippen molar-refractivity contribution in [2.75, 3.05) is 19.0 Å². The van der Waals surface area contributed by atoms with E-state index in [-0.39, 0.29) is 18.0 Å². The Hall–Kier alpha value is -2.53. The number of aliphatic hydroxyl groups is 1. The fourth-order valence-corrected chi connectivity index (χ4v) is 3.89. The van der Waals surface area contributed by atoms with Gasteiger partial charge in [-0.2, -0.15) is 0 Å². The second-order valence-electron chi connectivity index (χ2n) is 6.67. The molecule has 2 aromatic carbocycles. The molecule has 1 saturated heterocycles. The lowest BCUT2D eigenvalue weighted by Gasteiger charge is -2.24. The fourth-order valence-electron chi connectivity index (χ4n) is 3.89. The van der Waals surface area contributed by atoms with E-state index < -0.39 is 6.10 Å². The lowest BCUT2D eigenvalue weighted by molar-refractivity contribution is 0.0705. The van der Waals surface area contributed by atoms with Crippen molar-refractivity contribution in [1.82, 2.24) is 4.90 Å². The van der Waals surface area contributed by atoms with Crippen molar-refractivity contribution in [3.63, 3.8) is 0 Å². The highest BCUT2D eigenvalue weighted by Crippen LogP contribution is 2.39. The van der Waals surface area contributed by atoms with Crippen LogP contribution in [0.2, 0.25) is 0 Å². The van der Waals surface area contributed by atoms with Gasteiger partial charge in [0.15, 0.2) is 0 Å². The maximum Gasteiger partial charge on any atom is 0.254 e. The molecule has 2 aliphatic heterocycles. The van der Waals surface area contributed by atoms with Gasteiger partial charge in [0.1, 0.15) is 5.75 Å². The van der Waals surface area contributed by atoms with Gasteiger partial charge in [0.2, 0.25) is 0 Å². The van der Waals surface area contributed by atoms with Crippen molar-refractivity contribution in [2.45, 2.75) is 31.0 Å². The smallest absolute Gasteiger partial charge is 0.254 e. The maximum atomic E-state index is 12.6. The summed E-state index contributed by atoms with van der Waals surface area (Å²) in [6.07, 6.45) is 0.746. The van der Waals surface area contributed by atoms with Crippen LogP contribution in [0.25, 0.3) is 0 Å². The average Bonchev–Trinajstić information content (AvgIpc) is 2.80. The van der Waals surface area contributed by atoms with Gasteiger partial charge in [-0.1, -0.05) is 18.2 Å². The number of hydrogen-bond donors (Lipinski definition) is 2. The van der Waals surface area contributed by atoms with E-state index in [9.17, 15) is 9.90 Å². The van der Waals surface area contributed by atoms with Crippen LogP contribution in [-0.4, -0.2) is 41.7 Å². The number of fused-ring (bicyclic) bond motifs is 3. The van der Waals surface area contributed by atoms with Gasteiger partial charge in [-0.05, 0) is 48.7 Å². The van der Waals surface area contributed by atoms with E-state index in [0.29, 0.717) is 19.4 Å². The minimum atomic E-state index is -0.518. The topological polar surface area (TPSA) is 61.8 Å². The van der Waals surface area contributed by atoms with Crippen molar-refractivity contribution in [1.29, 1.82) is 0 Å². The Bertz CT molecular complexity index is 775. The Morgan fingerprint density at radius 3 is 2.68 bits per heavy atom. The van der Waals surface area contributed by atoms with Gasteiger partial charge in [-0.25, -0.2) is 0 Å². The second kappa shape index (κ2) is 6.41. The number of methoxy groups -OCH3 is 1. The molecule has 0 radical (unpaired) electrons. The molecule has 2 aliphatic rings. The lowest BCUT2D eigenvalue weighted by atomic mass is 9.97. The van der Waals surface area contributed by atoms with Crippen molar-refractivity contribution in [3.05, 3.63) is 59.7 Å². The van der Waals surface area contributed by atoms with Gasteiger partial charge in [0.05, 0.1) is 25.3 Å². The van der Waals surface area contributed by atoms with Gasteiger partial charge in [-0.3, -0.25) is 4.79 Å². The monoisotopic (exact) mass is 338 g/mol. The molecule has 5 heteroatoms. The van der Waals surface area contributed by atoms with E-state index in [1.807, 2.05) is 53.4 Å². The quantitative estimate of drug-likeness (QED) is 0.903. The third kappa shape index (κ3) is 2.85. The van der Waals surface area contributed by atoms with Crippen LogP contribution in [0.1, 0.15) is 34.8 Å². The predicted octanol–water partition coefficient (Wildman–Crippen LogP) is 2.83. The highest BCUT2D eigenvalue weighted by Gasteiger charge is 2.41. The third-order valence-electron chi connectivity index (χ3n) is 5.24. The summed E-state index contributed by atoms with van der Waals surface area (Å²) in [6, 6.07) is 15.3. The normalized spacial score (nSPS) is 25.1. The molecule has 1 fully saturated rings. The Labute approximate surface area is 147 Å². The van der Waals surface area contributed by atoms with Gasteiger partial charge < -0.3 is 20.1 Å². The van der Waals surface area contributed by atoms with E-state index in [0.717, 1.165) is 22.6 Å². The summed E-state index contributed by atoms with van der Waals surface area (Å²) in [5, 5.41) is 14.2. The molecule has 3 atom stereocenters. The number of ether oxygens (including phenoxy) is 1. The van der Waals surface area contributed by atoms with Crippen LogP contribution in [0.5, 0.6) is 5.75 Å².